The molecule has 0 bridgehead atoms. The monoisotopic (exact) mass is 212 g/mol. The maximum Gasteiger partial charge on any atom is 0.0509 e. The molecule has 0 aromatic rings. The third-order valence-corrected chi connectivity index (χ3v) is 2.84. The molecule has 0 spiro atoms. The van der Waals surface area contributed by atoms with E-state index >= 15 is 0 Å². The minimum atomic E-state index is -0.363. The van der Waals surface area contributed by atoms with Gasteiger partial charge in [0.05, 0.1) is 13.2 Å². The van der Waals surface area contributed by atoms with Crippen LogP contribution in [0.15, 0.2) is 24.3 Å². The van der Waals surface area contributed by atoms with Crippen molar-refractivity contribution in [1.29, 1.82) is 0 Å². The summed E-state index contributed by atoms with van der Waals surface area (Å²) in [7, 11) is 0. The van der Waals surface area contributed by atoms with Gasteiger partial charge in [-0.05, 0) is 39.5 Å². The Hall–Kier alpha value is -0.600. The van der Waals surface area contributed by atoms with Gasteiger partial charge in [0, 0.05) is 5.41 Å². The fourth-order valence-corrected chi connectivity index (χ4v) is 1.45. The first-order valence-electron chi connectivity index (χ1n) is 5.46. The van der Waals surface area contributed by atoms with E-state index in [1.807, 2.05) is 13.8 Å². The summed E-state index contributed by atoms with van der Waals surface area (Å²) in [6.45, 7) is 11.7. The van der Waals surface area contributed by atoms with Crippen molar-refractivity contribution in [2.45, 2.75) is 39.5 Å². The molecule has 0 unspecified atom stereocenters. The number of aliphatic hydroxyl groups excluding tert-OH is 2. The first kappa shape index (κ1) is 14.4. The summed E-state index contributed by atoms with van der Waals surface area (Å²) in [6, 6.07) is 0. The van der Waals surface area contributed by atoms with Crippen molar-refractivity contribution in [1.82, 2.24) is 0 Å². The lowest BCUT2D eigenvalue weighted by atomic mass is 9.79. The van der Waals surface area contributed by atoms with Gasteiger partial charge in [-0.15, -0.1) is 13.2 Å². The zero-order valence-electron chi connectivity index (χ0n) is 10.1. The normalized spacial score (nSPS) is 11.5. The van der Waals surface area contributed by atoms with Gasteiger partial charge in [0.15, 0.2) is 0 Å². The molecule has 0 rings (SSSR count). The van der Waals surface area contributed by atoms with Gasteiger partial charge in [0.2, 0.25) is 0 Å². The second kappa shape index (κ2) is 6.81. The number of aliphatic hydroxyl groups is 2. The van der Waals surface area contributed by atoms with Crippen LogP contribution in [0.1, 0.15) is 39.5 Å². The molecule has 0 aromatic carbocycles. The van der Waals surface area contributed by atoms with Crippen molar-refractivity contribution in [3.8, 4) is 0 Å². The predicted molar refractivity (Wildman–Crippen MR) is 64.7 cm³/mol. The average Bonchev–Trinajstić information content (AvgIpc) is 2.19. The van der Waals surface area contributed by atoms with Crippen LogP contribution < -0.4 is 0 Å². The van der Waals surface area contributed by atoms with Crippen LogP contribution in [0.25, 0.3) is 0 Å². The van der Waals surface area contributed by atoms with Crippen LogP contribution in [0.4, 0.5) is 0 Å². The van der Waals surface area contributed by atoms with Crippen molar-refractivity contribution in [3.63, 3.8) is 0 Å². The summed E-state index contributed by atoms with van der Waals surface area (Å²) in [5.74, 6) is 0. The molecule has 0 fully saturated rings. The van der Waals surface area contributed by atoms with E-state index in [1.54, 1.807) is 0 Å². The maximum absolute atomic E-state index is 9.38. The lowest BCUT2D eigenvalue weighted by Gasteiger charge is -2.30. The van der Waals surface area contributed by atoms with E-state index < -0.39 is 0 Å². The fourth-order valence-electron chi connectivity index (χ4n) is 1.45. The zero-order valence-corrected chi connectivity index (χ0v) is 10.1. The lowest BCUT2D eigenvalue weighted by Crippen LogP contribution is -2.30. The van der Waals surface area contributed by atoms with Gasteiger partial charge in [0.25, 0.3) is 0 Å². The van der Waals surface area contributed by atoms with E-state index in [2.05, 4.69) is 13.2 Å². The quantitative estimate of drug-likeness (QED) is 0.607. The Labute approximate surface area is 93.3 Å². The van der Waals surface area contributed by atoms with Crippen LogP contribution in [-0.2, 0) is 0 Å². The molecular weight excluding hydrogens is 188 g/mol. The van der Waals surface area contributed by atoms with Crippen molar-refractivity contribution in [2.24, 2.45) is 5.41 Å². The molecule has 0 atom stereocenters. The first-order chi connectivity index (χ1) is 6.95. The smallest absolute Gasteiger partial charge is 0.0509 e. The number of rotatable bonds is 8. The van der Waals surface area contributed by atoms with Crippen LogP contribution in [0.5, 0.6) is 0 Å². The lowest BCUT2D eigenvalue weighted by molar-refractivity contribution is 0.0403. The number of hydrogen-bond donors (Lipinski definition) is 2. The molecule has 0 saturated carbocycles. The Morgan fingerprint density at radius 3 is 1.47 bits per heavy atom. The van der Waals surface area contributed by atoms with Crippen molar-refractivity contribution < 1.29 is 10.2 Å². The van der Waals surface area contributed by atoms with E-state index in [0.29, 0.717) is 0 Å². The summed E-state index contributed by atoms with van der Waals surface area (Å²) in [5, 5.41) is 18.8. The van der Waals surface area contributed by atoms with E-state index in [4.69, 9.17) is 0 Å². The highest BCUT2D eigenvalue weighted by atomic mass is 16.3. The van der Waals surface area contributed by atoms with Crippen LogP contribution in [0.2, 0.25) is 0 Å². The van der Waals surface area contributed by atoms with E-state index in [0.717, 1.165) is 36.8 Å². The highest BCUT2D eigenvalue weighted by Gasteiger charge is 2.27. The largest absolute Gasteiger partial charge is 0.396 e. The predicted octanol–water partition coefficient (Wildman–Crippen LogP) is 2.67. The molecule has 15 heavy (non-hydrogen) atoms. The van der Waals surface area contributed by atoms with Gasteiger partial charge < -0.3 is 10.2 Å². The number of allylic oxidation sites excluding steroid dienone is 2. The van der Waals surface area contributed by atoms with Gasteiger partial charge >= 0.3 is 0 Å². The van der Waals surface area contributed by atoms with Gasteiger partial charge in [0.1, 0.15) is 0 Å². The van der Waals surface area contributed by atoms with Gasteiger partial charge in [-0.1, -0.05) is 11.1 Å². The Kier molecular flexibility index (Phi) is 6.53. The Balaban J connectivity index is 4.29. The van der Waals surface area contributed by atoms with Crippen LogP contribution >= 0.6 is 0 Å². The topological polar surface area (TPSA) is 40.5 Å². The molecule has 2 N–H and O–H groups in total. The third kappa shape index (κ3) is 5.75. The molecule has 2 heteroatoms. The first-order valence-corrected chi connectivity index (χ1v) is 5.46. The minimum absolute atomic E-state index is 0.0318. The maximum atomic E-state index is 9.38. The molecule has 0 aliphatic carbocycles. The van der Waals surface area contributed by atoms with E-state index in [-0.39, 0.29) is 18.6 Å². The van der Waals surface area contributed by atoms with Crippen molar-refractivity contribution in [3.05, 3.63) is 24.3 Å². The van der Waals surface area contributed by atoms with Gasteiger partial charge in [-0.2, -0.15) is 0 Å². The molecule has 0 heterocycles. The second-order valence-electron chi connectivity index (χ2n) is 4.73. The Morgan fingerprint density at radius 2 is 1.27 bits per heavy atom. The van der Waals surface area contributed by atoms with E-state index in [1.165, 1.54) is 0 Å². The number of hydrogen-bond acceptors (Lipinski definition) is 2. The molecule has 0 aliphatic rings. The van der Waals surface area contributed by atoms with Gasteiger partial charge in [-0.3, -0.25) is 0 Å². The van der Waals surface area contributed by atoms with Crippen molar-refractivity contribution in [2.75, 3.05) is 13.2 Å². The average molecular weight is 212 g/mol. The highest BCUT2D eigenvalue weighted by Crippen LogP contribution is 2.31. The van der Waals surface area contributed by atoms with Crippen LogP contribution in [0, 0.1) is 5.41 Å². The highest BCUT2D eigenvalue weighted by molar-refractivity contribution is 4.95. The SMILES string of the molecule is C=C(C)CCC(CO)(CO)CCC(=C)C. The minimum Gasteiger partial charge on any atom is -0.396 e. The molecule has 88 valence electrons. The second-order valence-corrected chi connectivity index (χ2v) is 4.73. The molecule has 0 aliphatic heterocycles. The Morgan fingerprint density at radius 1 is 0.933 bits per heavy atom. The van der Waals surface area contributed by atoms with Gasteiger partial charge in [-0.25, -0.2) is 0 Å². The Bertz CT molecular complexity index is 195. The standard InChI is InChI=1S/C13H24O2/c1-11(2)5-7-13(9-14,10-15)8-6-12(3)4/h14-15H,1,3,5-10H2,2,4H3. The summed E-state index contributed by atoms with van der Waals surface area (Å²) in [4.78, 5) is 0. The summed E-state index contributed by atoms with van der Waals surface area (Å²) >= 11 is 0. The van der Waals surface area contributed by atoms with Crippen molar-refractivity contribution >= 4 is 0 Å². The molecule has 0 amide bonds. The molecule has 0 saturated heterocycles. The summed E-state index contributed by atoms with van der Waals surface area (Å²) in [5.41, 5.74) is 1.82. The molecule has 2 nitrogen and oxygen atoms in total. The van der Waals surface area contributed by atoms with Crippen LogP contribution in [-0.4, -0.2) is 23.4 Å². The summed E-state index contributed by atoms with van der Waals surface area (Å²) in [6.07, 6.45) is 3.31. The molecule has 0 radical (unpaired) electrons. The fraction of sp³-hybridized carbons (Fsp3) is 0.692. The van der Waals surface area contributed by atoms with Crippen LogP contribution in [0.3, 0.4) is 0 Å². The van der Waals surface area contributed by atoms with E-state index in [9.17, 15) is 10.2 Å². The summed E-state index contributed by atoms with van der Waals surface area (Å²) < 4.78 is 0. The third-order valence-electron chi connectivity index (χ3n) is 2.84. The molecular formula is C13H24O2. The zero-order chi connectivity index (χ0) is 11.9. The molecule has 0 aromatic heterocycles.